The molecule has 3 heterocycles. The molecule has 0 bridgehead atoms. The van der Waals surface area contributed by atoms with Crippen molar-refractivity contribution in [3.63, 3.8) is 0 Å². The molecular weight excluding hydrogens is 542 g/mol. The summed E-state index contributed by atoms with van der Waals surface area (Å²) >= 11 is 0. The monoisotopic (exact) mass is 579 g/mol. The molecule has 15 nitrogen and oxygen atoms in total. The van der Waals surface area contributed by atoms with Crippen LogP contribution in [-0.2, 0) is 0 Å². The van der Waals surface area contributed by atoms with Crippen LogP contribution in [0.3, 0.4) is 0 Å². The predicted molar refractivity (Wildman–Crippen MR) is 159 cm³/mol. The number of rotatable bonds is 7. The lowest BCUT2D eigenvalue weighted by atomic mass is 10.0. The van der Waals surface area contributed by atoms with Gasteiger partial charge in [-0.3, -0.25) is 4.79 Å². The summed E-state index contributed by atoms with van der Waals surface area (Å²) in [4.78, 5) is 30.6. The zero-order valence-electron chi connectivity index (χ0n) is 23.3. The van der Waals surface area contributed by atoms with Crippen LogP contribution in [0.4, 0.5) is 29.2 Å². The number of aromatic hydroxyl groups is 2. The van der Waals surface area contributed by atoms with Crippen molar-refractivity contribution in [2.75, 3.05) is 53.7 Å². The molecule has 42 heavy (non-hydrogen) atoms. The lowest BCUT2D eigenvalue weighted by molar-refractivity contribution is 0.102. The van der Waals surface area contributed by atoms with E-state index in [1.807, 2.05) is 9.80 Å². The summed E-state index contributed by atoms with van der Waals surface area (Å²) in [6.45, 7) is 2.14. The fourth-order valence-electron chi connectivity index (χ4n) is 5.23. The van der Waals surface area contributed by atoms with Crippen molar-refractivity contribution in [1.82, 2.24) is 15.0 Å². The maximum atomic E-state index is 12.8. The number of nitrogens with two attached hydrogens (primary N) is 4. The number of methoxy groups -OCH3 is 1. The maximum Gasteiger partial charge on any atom is 0.259 e. The van der Waals surface area contributed by atoms with Gasteiger partial charge in [0, 0.05) is 62.1 Å². The SMILES string of the molecule is COc1ccc(O)c(C(=O)Nc2ccc(Nc3nc(N4C[C@H](N)C[C@H](N)C4)nc(N4C[C@H](N)C[C@H](N)C4)n3)cc2O)c1. The quantitative estimate of drug-likeness (QED) is 0.172. The number of amides is 1. The highest BCUT2D eigenvalue weighted by molar-refractivity contribution is 6.07. The van der Waals surface area contributed by atoms with E-state index in [1.165, 1.54) is 37.4 Å². The van der Waals surface area contributed by atoms with Gasteiger partial charge < -0.3 is 58.3 Å². The lowest BCUT2D eigenvalue weighted by Gasteiger charge is -2.37. The number of nitrogens with one attached hydrogen (secondary N) is 2. The Hall–Kier alpha value is -4.44. The Balaban J connectivity index is 1.39. The van der Waals surface area contributed by atoms with Crippen molar-refractivity contribution in [3.05, 3.63) is 42.0 Å². The molecule has 12 N–H and O–H groups in total. The summed E-state index contributed by atoms with van der Waals surface area (Å²) < 4.78 is 5.13. The molecule has 0 spiro atoms. The van der Waals surface area contributed by atoms with Gasteiger partial charge in [0.2, 0.25) is 17.8 Å². The Morgan fingerprint density at radius 3 is 1.93 bits per heavy atom. The minimum atomic E-state index is -0.620. The number of aromatic nitrogens is 3. The number of piperidine rings is 2. The second-order valence-corrected chi connectivity index (χ2v) is 10.8. The molecule has 0 unspecified atom stereocenters. The minimum absolute atomic E-state index is 0.00417. The molecule has 1 aromatic heterocycles. The number of ether oxygens (including phenoxy) is 1. The molecule has 15 heteroatoms. The lowest BCUT2D eigenvalue weighted by Crippen LogP contribution is -2.54. The summed E-state index contributed by atoms with van der Waals surface area (Å²) in [7, 11) is 1.46. The molecule has 224 valence electrons. The fourth-order valence-corrected chi connectivity index (χ4v) is 5.23. The Kier molecular flexibility index (Phi) is 8.44. The van der Waals surface area contributed by atoms with Crippen molar-refractivity contribution < 1.29 is 19.7 Å². The maximum absolute atomic E-state index is 12.8. The Morgan fingerprint density at radius 1 is 0.833 bits per heavy atom. The number of benzene rings is 2. The van der Waals surface area contributed by atoms with Gasteiger partial charge in [0.05, 0.1) is 18.4 Å². The number of phenols is 2. The van der Waals surface area contributed by atoms with Crippen molar-refractivity contribution >= 4 is 35.1 Å². The first-order valence-corrected chi connectivity index (χ1v) is 13.6. The first-order valence-electron chi connectivity index (χ1n) is 13.6. The molecule has 2 aliphatic rings. The van der Waals surface area contributed by atoms with Gasteiger partial charge in [-0.2, -0.15) is 15.0 Å². The Labute approximate surface area is 242 Å². The van der Waals surface area contributed by atoms with Crippen LogP contribution in [0.15, 0.2) is 36.4 Å². The second kappa shape index (κ2) is 12.2. The van der Waals surface area contributed by atoms with E-state index in [0.29, 0.717) is 62.4 Å². The van der Waals surface area contributed by atoms with E-state index in [9.17, 15) is 15.0 Å². The third-order valence-corrected chi connectivity index (χ3v) is 7.16. The largest absolute Gasteiger partial charge is 0.507 e. The molecule has 2 saturated heterocycles. The van der Waals surface area contributed by atoms with Crippen LogP contribution in [0.1, 0.15) is 23.2 Å². The van der Waals surface area contributed by atoms with Gasteiger partial charge in [0.15, 0.2) is 0 Å². The number of nitrogens with zero attached hydrogens (tertiary/aromatic N) is 5. The number of carbonyl (C=O) groups excluding carboxylic acids is 1. The van der Waals surface area contributed by atoms with Crippen LogP contribution in [0.25, 0.3) is 0 Å². The fraction of sp³-hybridized carbons (Fsp3) is 0.407. The number of anilines is 5. The van der Waals surface area contributed by atoms with E-state index in [-0.39, 0.29) is 52.9 Å². The van der Waals surface area contributed by atoms with Crippen molar-refractivity contribution in [2.24, 2.45) is 22.9 Å². The summed E-state index contributed by atoms with van der Waals surface area (Å²) in [5, 5.41) is 26.5. The summed E-state index contributed by atoms with van der Waals surface area (Å²) in [6, 6.07) is 8.37. The summed E-state index contributed by atoms with van der Waals surface area (Å²) in [5.74, 6) is 0.391. The smallest absolute Gasteiger partial charge is 0.259 e. The first kappa shape index (κ1) is 29.1. The molecule has 4 atom stereocenters. The highest BCUT2D eigenvalue weighted by Gasteiger charge is 2.29. The summed E-state index contributed by atoms with van der Waals surface area (Å²) in [6.07, 6.45) is 1.41. The van der Waals surface area contributed by atoms with Gasteiger partial charge in [0.25, 0.3) is 5.91 Å². The van der Waals surface area contributed by atoms with E-state index in [1.54, 1.807) is 6.07 Å². The molecular formula is C27H37N11O4. The second-order valence-electron chi connectivity index (χ2n) is 10.8. The van der Waals surface area contributed by atoms with Crippen LogP contribution < -0.4 is 48.1 Å². The third kappa shape index (κ3) is 6.71. The molecule has 0 saturated carbocycles. The van der Waals surface area contributed by atoms with Crippen molar-refractivity contribution in [3.8, 4) is 17.2 Å². The average molecular weight is 580 g/mol. The zero-order chi connectivity index (χ0) is 30.0. The average Bonchev–Trinajstić information content (AvgIpc) is 2.93. The molecule has 2 aliphatic heterocycles. The van der Waals surface area contributed by atoms with Crippen LogP contribution in [0, 0.1) is 0 Å². The van der Waals surface area contributed by atoms with Gasteiger partial charge >= 0.3 is 0 Å². The van der Waals surface area contributed by atoms with Crippen LogP contribution >= 0.6 is 0 Å². The standard InChI is InChI=1S/C27H37N11O4/c1-42-19-3-5-22(39)20(9-19)24(41)33-21-4-2-18(8-23(21)40)32-25-34-26(37-10-14(28)6-15(29)11-37)36-27(35-25)38-12-16(30)7-17(31)13-38/h2-5,8-9,14-17,39-40H,6-7,10-13,28-31H2,1H3,(H,33,41)(H,32,34,35,36)/t14-,15+,16-,17+. The van der Waals surface area contributed by atoms with Crippen molar-refractivity contribution in [1.29, 1.82) is 0 Å². The first-order chi connectivity index (χ1) is 20.1. The molecule has 0 aliphatic carbocycles. The zero-order valence-corrected chi connectivity index (χ0v) is 23.3. The van der Waals surface area contributed by atoms with Crippen LogP contribution in [0.2, 0.25) is 0 Å². The van der Waals surface area contributed by atoms with E-state index >= 15 is 0 Å². The van der Waals surface area contributed by atoms with Crippen LogP contribution in [0.5, 0.6) is 17.2 Å². The number of hydrogen-bond acceptors (Lipinski definition) is 14. The molecule has 1 amide bonds. The van der Waals surface area contributed by atoms with Crippen molar-refractivity contribution in [2.45, 2.75) is 37.0 Å². The van der Waals surface area contributed by atoms with Gasteiger partial charge in [-0.05, 0) is 43.2 Å². The normalized spacial score (nSPS) is 22.5. The molecule has 3 aromatic rings. The Bertz CT molecular complexity index is 1380. The predicted octanol–water partition coefficient (Wildman–Crippen LogP) is 0.0167. The van der Waals surface area contributed by atoms with Gasteiger partial charge in [-0.25, -0.2) is 0 Å². The highest BCUT2D eigenvalue weighted by Crippen LogP contribution is 2.31. The number of hydrogen-bond donors (Lipinski definition) is 8. The van der Waals surface area contributed by atoms with Gasteiger partial charge in [-0.1, -0.05) is 0 Å². The topological polar surface area (TPSA) is 240 Å². The van der Waals surface area contributed by atoms with Gasteiger partial charge in [-0.15, -0.1) is 0 Å². The van der Waals surface area contributed by atoms with Gasteiger partial charge in [0.1, 0.15) is 17.2 Å². The number of phenolic OH excluding ortho intramolecular Hbond substituents is 2. The summed E-state index contributed by atoms with van der Waals surface area (Å²) in [5.41, 5.74) is 25.5. The molecule has 2 aromatic carbocycles. The molecule has 0 radical (unpaired) electrons. The minimum Gasteiger partial charge on any atom is -0.507 e. The number of carbonyl (C=O) groups is 1. The highest BCUT2D eigenvalue weighted by atomic mass is 16.5. The van der Waals surface area contributed by atoms with E-state index in [2.05, 4.69) is 20.6 Å². The van der Waals surface area contributed by atoms with Crippen LogP contribution in [-0.4, -0.2) is 88.5 Å². The van der Waals surface area contributed by atoms with E-state index in [0.717, 1.165) is 0 Å². The Morgan fingerprint density at radius 2 is 1.40 bits per heavy atom. The molecule has 2 fully saturated rings. The van der Waals surface area contributed by atoms with E-state index < -0.39 is 5.91 Å². The van der Waals surface area contributed by atoms with E-state index in [4.69, 9.17) is 32.7 Å². The molecule has 5 rings (SSSR count). The third-order valence-electron chi connectivity index (χ3n) is 7.16.